The second-order valence-corrected chi connectivity index (χ2v) is 5.34. The van der Waals surface area contributed by atoms with Gasteiger partial charge < -0.3 is 14.9 Å². The van der Waals surface area contributed by atoms with E-state index < -0.39 is 11.6 Å². The number of hydrogen-bond acceptors (Lipinski definition) is 5. The van der Waals surface area contributed by atoms with Crippen LogP contribution in [0.25, 0.3) is 0 Å². The topological polar surface area (TPSA) is 78.8 Å². The number of ether oxygens (including phenoxy) is 1. The lowest BCUT2D eigenvalue weighted by Gasteiger charge is -2.26. The zero-order valence-corrected chi connectivity index (χ0v) is 9.65. The highest BCUT2D eigenvalue weighted by atomic mass is 16.6. The molecule has 0 aromatic rings. The molecule has 2 rings (SSSR count). The normalized spacial score (nSPS) is 33.3. The van der Waals surface area contributed by atoms with Crippen molar-refractivity contribution in [1.29, 1.82) is 0 Å². The van der Waals surface area contributed by atoms with Crippen LogP contribution in [-0.4, -0.2) is 33.9 Å². The lowest BCUT2D eigenvalue weighted by molar-refractivity contribution is -0.158. The maximum Gasteiger partial charge on any atom is 0.324 e. The minimum absolute atomic E-state index is 0.0372. The van der Waals surface area contributed by atoms with Crippen LogP contribution in [0.5, 0.6) is 0 Å². The van der Waals surface area contributed by atoms with Crippen LogP contribution >= 0.6 is 0 Å². The molecule has 2 bridgehead atoms. The highest BCUT2D eigenvalue weighted by molar-refractivity contribution is 5.78. The van der Waals surface area contributed by atoms with Crippen LogP contribution in [0.4, 0.5) is 0 Å². The number of rotatable bonds is 1. The number of aliphatic hydroxyl groups is 2. The quantitative estimate of drug-likeness (QED) is 0.583. The van der Waals surface area contributed by atoms with E-state index >= 15 is 0 Å². The van der Waals surface area contributed by atoms with Crippen molar-refractivity contribution in [3.8, 4) is 0 Å². The molecule has 1 heterocycles. The van der Waals surface area contributed by atoms with Crippen molar-refractivity contribution in [2.24, 2.45) is 5.92 Å². The maximum atomic E-state index is 11.8. The molecule has 0 aromatic heterocycles. The van der Waals surface area contributed by atoms with E-state index in [1.807, 2.05) is 0 Å². The molecular formula is C11H17NO4. The molecule has 16 heavy (non-hydrogen) atoms. The largest absolute Gasteiger partial charge is 0.508 e. The highest BCUT2D eigenvalue weighted by Gasteiger charge is 2.50. The maximum absolute atomic E-state index is 11.8. The van der Waals surface area contributed by atoms with Gasteiger partial charge in [0.15, 0.2) is 0 Å². The molecule has 0 aromatic carbocycles. The Morgan fingerprint density at radius 3 is 2.44 bits per heavy atom. The standard InChI is InChI=1S/C11H17NO4/c1-11(2,3)16-10(15)7-5-4-6(12-7)9(14)8(5)13/h5-7,12-14H,4H2,1-3H3/t5-,6-,7-/m0/s1. The van der Waals surface area contributed by atoms with E-state index in [1.54, 1.807) is 20.8 Å². The fraction of sp³-hybridized carbons (Fsp3) is 0.727. The number of carbonyl (C=O) groups is 1. The minimum Gasteiger partial charge on any atom is -0.508 e. The first-order valence-electron chi connectivity index (χ1n) is 5.40. The molecule has 2 aliphatic rings. The Kier molecular flexibility index (Phi) is 2.38. The zero-order chi connectivity index (χ0) is 12.1. The molecule has 0 radical (unpaired) electrons. The first-order valence-corrected chi connectivity index (χ1v) is 5.40. The zero-order valence-electron chi connectivity index (χ0n) is 9.65. The van der Waals surface area contributed by atoms with E-state index in [1.165, 1.54) is 0 Å². The predicted molar refractivity (Wildman–Crippen MR) is 56.9 cm³/mol. The smallest absolute Gasteiger partial charge is 0.324 e. The molecule has 0 amide bonds. The molecule has 1 saturated heterocycles. The van der Waals surface area contributed by atoms with Crippen molar-refractivity contribution in [1.82, 2.24) is 5.32 Å². The molecule has 3 N–H and O–H groups in total. The predicted octanol–water partition coefficient (Wildman–Crippen LogP) is 1.02. The van der Waals surface area contributed by atoms with E-state index in [9.17, 15) is 15.0 Å². The highest BCUT2D eigenvalue weighted by Crippen LogP contribution is 2.38. The number of hydrogen-bond donors (Lipinski definition) is 3. The van der Waals surface area contributed by atoms with Crippen molar-refractivity contribution in [2.45, 2.75) is 44.9 Å². The Labute approximate surface area is 94.1 Å². The number of nitrogens with one attached hydrogen (secondary N) is 1. The first-order chi connectivity index (χ1) is 7.29. The van der Waals surface area contributed by atoms with Gasteiger partial charge in [-0.2, -0.15) is 0 Å². The first kappa shape index (κ1) is 11.3. The monoisotopic (exact) mass is 227 g/mol. The molecule has 90 valence electrons. The molecule has 0 unspecified atom stereocenters. The van der Waals surface area contributed by atoms with Gasteiger partial charge in [0.05, 0.1) is 6.04 Å². The van der Waals surface area contributed by atoms with Crippen LogP contribution in [0.3, 0.4) is 0 Å². The third-order valence-corrected chi connectivity index (χ3v) is 2.88. The van der Waals surface area contributed by atoms with E-state index in [2.05, 4.69) is 5.32 Å². The fourth-order valence-electron chi connectivity index (χ4n) is 2.22. The van der Waals surface area contributed by atoms with Gasteiger partial charge in [-0.05, 0) is 27.2 Å². The van der Waals surface area contributed by atoms with Crippen LogP contribution in [0, 0.1) is 5.92 Å². The van der Waals surface area contributed by atoms with E-state index in [4.69, 9.17) is 4.74 Å². The molecule has 3 atom stereocenters. The van der Waals surface area contributed by atoms with E-state index in [-0.39, 0.29) is 29.4 Å². The Morgan fingerprint density at radius 1 is 1.38 bits per heavy atom. The summed E-state index contributed by atoms with van der Waals surface area (Å²) < 4.78 is 5.24. The van der Waals surface area contributed by atoms with Gasteiger partial charge >= 0.3 is 5.97 Å². The minimum atomic E-state index is -0.542. The number of esters is 1. The average Bonchev–Trinajstić information content (AvgIpc) is 2.65. The van der Waals surface area contributed by atoms with Gasteiger partial charge in [0.2, 0.25) is 0 Å². The molecular weight excluding hydrogens is 210 g/mol. The van der Waals surface area contributed by atoms with Crippen molar-refractivity contribution in [2.75, 3.05) is 0 Å². The van der Waals surface area contributed by atoms with Crippen molar-refractivity contribution in [3.63, 3.8) is 0 Å². The number of aliphatic hydroxyl groups excluding tert-OH is 2. The molecule has 0 spiro atoms. The molecule has 1 aliphatic heterocycles. The second-order valence-electron chi connectivity index (χ2n) is 5.34. The van der Waals surface area contributed by atoms with Gasteiger partial charge in [0.1, 0.15) is 23.2 Å². The van der Waals surface area contributed by atoms with Crippen LogP contribution in [-0.2, 0) is 9.53 Å². The van der Waals surface area contributed by atoms with E-state index in [0.29, 0.717) is 6.42 Å². The van der Waals surface area contributed by atoms with Crippen molar-refractivity contribution in [3.05, 3.63) is 11.5 Å². The molecule has 5 nitrogen and oxygen atoms in total. The Balaban J connectivity index is 2.08. The van der Waals surface area contributed by atoms with E-state index in [0.717, 1.165) is 0 Å². The van der Waals surface area contributed by atoms with Crippen LogP contribution in [0.2, 0.25) is 0 Å². The summed E-state index contributed by atoms with van der Waals surface area (Å²) in [5, 5.41) is 22.0. The lowest BCUT2D eigenvalue weighted by Crippen LogP contribution is -2.46. The summed E-state index contributed by atoms with van der Waals surface area (Å²) in [6, 6.07) is -0.845. The van der Waals surface area contributed by atoms with Gasteiger partial charge in [-0.3, -0.25) is 10.1 Å². The lowest BCUT2D eigenvalue weighted by atomic mass is 10.0. The molecule has 0 saturated carbocycles. The van der Waals surface area contributed by atoms with Crippen LogP contribution in [0.15, 0.2) is 11.5 Å². The van der Waals surface area contributed by atoms with Crippen molar-refractivity contribution < 1.29 is 19.7 Å². The average molecular weight is 227 g/mol. The summed E-state index contributed by atoms with van der Waals surface area (Å²) in [6.45, 7) is 5.39. The third kappa shape index (κ3) is 1.75. The molecule has 5 heteroatoms. The van der Waals surface area contributed by atoms with Gasteiger partial charge in [0.25, 0.3) is 0 Å². The fourth-order valence-corrected chi connectivity index (χ4v) is 2.22. The summed E-state index contributed by atoms with van der Waals surface area (Å²) in [5.74, 6) is -0.830. The number of carbonyl (C=O) groups excluding carboxylic acids is 1. The summed E-state index contributed by atoms with van der Waals surface area (Å²) in [4.78, 5) is 11.8. The Bertz CT molecular complexity index is 355. The summed E-state index contributed by atoms with van der Waals surface area (Å²) >= 11 is 0. The van der Waals surface area contributed by atoms with Gasteiger partial charge in [-0.15, -0.1) is 0 Å². The van der Waals surface area contributed by atoms with Crippen LogP contribution < -0.4 is 5.32 Å². The molecule has 1 fully saturated rings. The summed E-state index contributed by atoms with van der Waals surface area (Å²) in [6.07, 6.45) is 0.557. The Morgan fingerprint density at radius 2 is 2.00 bits per heavy atom. The number of fused-ring (bicyclic) bond motifs is 2. The third-order valence-electron chi connectivity index (χ3n) is 2.88. The van der Waals surface area contributed by atoms with Crippen molar-refractivity contribution >= 4 is 5.97 Å². The van der Waals surface area contributed by atoms with Gasteiger partial charge in [-0.25, -0.2) is 0 Å². The molecule has 1 aliphatic carbocycles. The summed E-state index contributed by atoms with van der Waals surface area (Å²) in [7, 11) is 0. The summed E-state index contributed by atoms with van der Waals surface area (Å²) in [5.41, 5.74) is -0.540. The Hall–Kier alpha value is -1.23. The SMILES string of the molecule is CC(C)(C)OC(=O)[C@H]1N[C@H]2C[C@@H]1C(O)=C2O. The van der Waals surface area contributed by atoms with Crippen LogP contribution in [0.1, 0.15) is 27.2 Å². The van der Waals surface area contributed by atoms with Gasteiger partial charge in [0, 0.05) is 5.92 Å². The van der Waals surface area contributed by atoms with Gasteiger partial charge in [-0.1, -0.05) is 0 Å². The second kappa shape index (κ2) is 3.38.